The summed E-state index contributed by atoms with van der Waals surface area (Å²) in [5.41, 5.74) is -1.21. The zero-order valence-corrected chi connectivity index (χ0v) is 28.9. The molecule has 1 aromatic rings. The van der Waals surface area contributed by atoms with Crippen molar-refractivity contribution in [2.24, 2.45) is 17.3 Å². The minimum atomic E-state index is -1.23. The van der Waals surface area contributed by atoms with Gasteiger partial charge in [-0.1, -0.05) is 63.3 Å². The van der Waals surface area contributed by atoms with Gasteiger partial charge in [-0.05, 0) is 57.4 Å². The maximum atomic E-state index is 14.7. The summed E-state index contributed by atoms with van der Waals surface area (Å²) in [5.74, 6) is -3.36. The van der Waals surface area contributed by atoms with E-state index in [9.17, 15) is 24.3 Å². The number of amides is 3. The number of β-amino-alcohol motifs (C(OH)–C–C–N with tert-alkyl or cyclic N) is 1. The second-order valence-electron chi connectivity index (χ2n) is 15.1. The maximum Gasteiger partial charge on any atom is 0.313 e. The van der Waals surface area contributed by atoms with E-state index in [1.807, 2.05) is 44.2 Å². The lowest BCUT2D eigenvalue weighted by Gasteiger charge is -2.45. The minimum absolute atomic E-state index is 0.0642. The van der Waals surface area contributed by atoms with Gasteiger partial charge in [-0.25, -0.2) is 0 Å². The average molecular weight is 652 g/mol. The van der Waals surface area contributed by atoms with Crippen LogP contribution < -0.4 is 5.32 Å². The molecule has 47 heavy (non-hydrogen) atoms. The lowest BCUT2D eigenvalue weighted by atomic mass is 9.70. The van der Waals surface area contributed by atoms with Crippen molar-refractivity contribution >= 4 is 23.7 Å². The zero-order valence-electron chi connectivity index (χ0n) is 28.9. The Morgan fingerprint density at radius 1 is 1.17 bits per heavy atom. The Bertz CT molecular complexity index is 1340. The molecule has 258 valence electrons. The van der Waals surface area contributed by atoms with Crippen LogP contribution in [0.4, 0.5) is 0 Å². The normalized spacial score (nSPS) is 26.4. The van der Waals surface area contributed by atoms with Gasteiger partial charge in [0.05, 0.1) is 30.6 Å². The van der Waals surface area contributed by atoms with E-state index >= 15 is 0 Å². The van der Waals surface area contributed by atoms with Gasteiger partial charge in [0.15, 0.2) is 0 Å². The van der Waals surface area contributed by atoms with Crippen molar-refractivity contribution in [1.29, 1.82) is 0 Å². The van der Waals surface area contributed by atoms with Gasteiger partial charge < -0.3 is 29.7 Å². The van der Waals surface area contributed by atoms with Crippen molar-refractivity contribution in [3.8, 4) is 0 Å². The Morgan fingerprint density at radius 2 is 1.85 bits per heavy atom. The summed E-state index contributed by atoms with van der Waals surface area (Å²) >= 11 is 0. The summed E-state index contributed by atoms with van der Waals surface area (Å²) in [4.78, 5) is 58.9. The summed E-state index contributed by atoms with van der Waals surface area (Å²) in [7, 11) is 0. The monoisotopic (exact) mass is 651 g/mol. The lowest BCUT2D eigenvalue weighted by molar-refractivity contribution is -0.162. The van der Waals surface area contributed by atoms with Gasteiger partial charge in [0.25, 0.3) is 0 Å². The third-order valence-electron chi connectivity index (χ3n) is 9.71. The van der Waals surface area contributed by atoms with Gasteiger partial charge >= 0.3 is 5.97 Å². The van der Waals surface area contributed by atoms with E-state index in [2.05, 4.69) is 39.2 Å². The first kappa shape index (κ1) is 36.3. The summed E-state index contributed by atoms with van der Waals surface area (Å²) in [6.45, 7) is 19.6. The molecular weight excluding hydrogens is 598 g/mol. The van der Waals surface area contributed by atoms with Crippen LogP contribution in [0.25, 0.3) is 0 Å². The Labute approximate surface area is 279 Å². The van der Waals surface area contributed by atoms with Crippen LogP contribution in [0.15, 0.2) is 55.6 Å². The number of benzene rings is 1. The first-order valence-electron chi connectivity index (χ1n) is 16.8. The third-order valence-corrected chi connectivity index (χ3v) is 9.71. The number of aliphatic hydroxyl groups is 1. The highest BCUT2D eigenvalue weighted by Crippen LogP contribution is 2.59. The van der Waals surface area contributed by atoms with Crippen LogP contribution in [-0.2, 0) is 28.7 Å². The van der Waals surface area contributed by atoms with Crippen molar-refractivity contribution < 1.29 is 33.8 Å². The molecular formula is C37H53N3O7. The van der Waals surface area contributed by atoms with Gasteiger partial charge in [0.2, 0.25) is 17.7 Å². The van der Waals surface area contributed by atoms with E-state index in [4.69, 9.17) is 9.47 Å². The van der Waals surface area contributed by atoms with Crippen molar-refractivity contribution in [3.63, 3.8) is 0 Å². The molecule has 4 rings (SSSR count). The van der Waals surface area contributed by atoms with Gasteiger partial charge in [-0.3, -0.25) is 19.2 Å². The van der Waals surface area contributed by atoms with Crippen LogP contribution in [0.1, 0.15) is 85.3 Å². The fourth-order valence-corrected chi connectivity index (χ4v) is 8.29. The minimum Gasteiger partial charge on any atom is -0.455 e. The number of rotatable bonds is 15. The van der Waals surface area contributed by atoms with E-state index in [-0.39, 0.29) is 43.3 Å². The Hall–Kier alpha value is -3.50. The number of likely N-dealkylation sites (tertiary alicyclic amines) is 1. The van der Waals surface area contributed by atoms with Crippen LogP contribution in [-0.4, -0.2) is 87.6 Å². The van der Waals surface area contributed by atoms with E-state index < -0.39 is 59.1 Å². The molecule has 3 amide bonds. The fraction of sp³-hybridized carbons (Fsp3) is 0.622. The standard InChI is InChI=1S/C37H53N3O7/c1-9-11-17-27(42)38-24(3)30(25-15-13-12-14-16-25)46-34(45)28-26-18-19-37(47-26)29(28)32(43)39(21-22-41)31(37)33(44)40(20-10-2)36(7,8)23-35(4,5)6/h9-10,12-16,24,26,28-31,41H,1-2,11,17-23H2,3-8H3,(H,38,42)/t24-,26+,28-,29-,30-,31+,37-/m0/s1. The molecule has 0 unspecified atom stereocenters. The first-order chi connectivity index (χ1) is 22.1. The number of aliphatic hydroxyl groups excluding tert-OH is 1. The summed E-state index contributed by atoms with van der Waals surface area (Å²) in [6, 6.07) is 7.59. The summed E-state index contributed by atoms with van der Waals surface area (Å²) in [5, 5.41) is 13.0. The Balaban J connectivity index is 1.67. The van der Waals surface area contributed by atoms with E-state index in [1.54, 1.807) is 24.0 Å². The van der Waals surface area contributed by atoms with E-state index in [0.717, 1.165) is 0 Å². The molecule has 10 heteroatoms. The highest BCUT2D eigenvalue weighted by Gasteiger charge is 2.75. The number of hydrogen-bond acceptors (Lipinski definition) is 7. The predicted molar refractivity (Wildman–Crippen MR) is 179 cm³/mol. The number of carbonyl (C=O) groups excluding carboxylic acids is 4. The number of allylic oxidation sites excluding steroid dienone is 1. The van der Waals surface area contributed by atoms with Crippen LogP contribution in [0.2, 0.25) is 0 Å². The third kappa shape index (κ3) is 7.33. The number of nitrogens with one attached hydrogen (secondary N) is 1. The number of ether oxygens (including phenoxy) is 2. The van der Waals surface area contributed by atoms with Crippen LogP contribution in [0.3, 0.4) is 0 Å². The maximum absolute atomic E-state index is 14.7. The van der Waals surface area contributed by atoms with Crippen LogP contribution >= 0.6 is 0 Å². The molecule has 0 aliphatic carbocycles. The number of nitrogens with zero attached hydrogens (tertiary/aromatic N) is 2. The molecule has 7 atom stereocenters. The van der Waals surface area contributed by atoms with Crippen molar-refractivity contribution in [2.45, 2.75) is 109 Å². The lowest BCUT2D eigenvalue weighted by Crippen LogP contribution is -2.61. The number of carbonyl (C=O) groups is 4. The predicted octanol–water partition coefficient (Wildman–Crippen LogP) is 4.34. The number of fused-ring (bicyclic) bond motifs is 1. The molecule has 0 saturated carbocycles. The highest BCUT2D eigenvalue weighted by atomic mass is 16.6. The molecule has 3 aliphatic rings. The van der Waals surface area contributed by atoms with Crippen LogP contribution in [0.5, 0.6) is 0 Å². The Morgan fingerprint density at radius 3 is 2.45 bits per heavy atom. The van der Waals surface area contributed by atoms with Gasteiger partial charge in [-0.15, -0.1) is 13.2 Å². The molecule has 10 nitrogen and oxygen atoms in total. The van der Waals surface area contributed by atoms with Crippen molar-refractivity contribution in [2.75, 3.05) is 19.7 Å². The molecule has 3 heterocycles. The van der Waals surface area contributed by atoms with Crippen LogP contribution in [0, 0.1) is 17.3 Å². The van der Waals surface area contributed by atoms with Gasteiger partial charge in [0.1, 0.15) is 17.7 Å². The summed E-state index contributed by atoms with van der Waals surface area (Å²) in [6.07, 6.45) is 4.30. The SMILES string of the molecule is C=CCCC(=O)N[C@@H](C)[C@H](OC(=O)[C@@H]1[C@H]2C(=O)N(CCO)[C@H](C(=O)N(CC=C)C(C)(C)CC(C)(C)C)[C@]23CC[C@H]1O3)c1ccccc1. The molecule has 2 N–H and O–H groups in total. The van der Waals surface area contributed by atoms with Crippen molar-refractivity contribution in [3.05, 3.63) is 61.2 Å². The fourth-order valence-electron chi connectivity index (χ4n) is 8.29. The highest BCUT2D eigenvalue weighted by molar-refractivity contribution is 5.98. The summed E-state index contributed by atoms with van der Waals surface area (Å²) < 4.78 is 12.8. The number of esters is 1. The quantitative estimate of drug-likeness (QED) is 0.214. The smallest absolute Gasteiger partial charge is 0.313 e. The molecule has 3 aliphatic heterocycles. The molecule has 2 bridgehead atoms. The molecule has 1 spiro atoms. The van der Waals surface area contributed by atoms with Crippen molar-refractivity contribution in [1.82, 2.24) is 15.1 Å². The van der Waals surface area contributed by atoms with E-state index in [1.165, 1.54) is 4.90 Å². The second kappa shape index (κ2) is 14.3. The molecule has 3 saturated heterocycles. The van der Waals surface area contributed by atoms with Gasteiger partial charge in [-0.2, -0.15) is 0 Å². The van der Waals surface area contributed by atoms with Gasteiger partial charge in [0, 0.05) is 25.0 Å². The average Bonchev–Trinajstić information content (AvgIpc) is 3.64. The topological polar surface area (TPSA) is 125 Å². The largest absolute Gasteiger partial charge is 0.455 e. The van der Waals surface area contributed by atoms with E-state index in [0.29, 0.717) is 31.2 Å². The Kier molecular flexibility index (Phi) is 11.1. The molecule has 0 radical (unpaired) electrons. The zero-order chi connectivity index (χ0) is 34.7. The molecule has 0 aromatic heterocycles. The molecule has 1 aromatic carbocycles. The number of hydrogen-bond donors (Lipinski definition) is 2. The first-order valence-corrected chi connectivity index (χ1v) is 16.8. The second-order valence-corrected chi connectivity index (χ2v) is 15.1. The molecule has 3 fully saturated rings.